The smallest absolute Gasteiger partial charge is 0.230 e. The Morgan fingerprint density at radius 2 is 1.78 bits per heavy atom. The van der Waals surface area contributed by atoms with E-state index >= 15 is 0 Å². The molecule has 4 aromatic rings. The van der Waals surface area contributed by atoms with E-state index in [1.165, 1.54) is 17.3 Å². The van der Waals surface area contributed by atoms with Crippen LogP contribution in [0.25, 0.3) is 11.4 Å². The van der Waals surface area contributed by atoms with Crippen LogP contribution in [0, 0.1) is 6.92 Å². The van der Waals surface area contributed by atoms with Gasteiger partial charge in [-0.05, 0) is 37.5 Å². The fourth-order valence-corrected chi connectivity index (χ4v) is 4.42. The molecule has 0 saturated heterocycles. The molecular formula is C25H26N4O2S. The van der Waals surface area contributed by atoms with Crippen molar-refractivity contribution in [2.45, 2.75) is 31.5 Å². The Morgan fingerprint density at radius 1 is 1.06 bits per heavy atom. The predicted octanol–water partition coefficient (Wildman–Crippen LogP) is 4.91. The number of hydrogen-bond acceptors (Lipinski definition) is 5. The van der Waals surface area contributed by atoms with Crippen LogP contribution in [0.15, 0.2) is 82.6 Å². The highest BCUT2D eigenvalue weighted by Crippen LogP contribution is 2.32. The minimum absolute atomic E-state index is 0.000795. The summed E-state index contributed by atoms with van der Waals surface area (Å²) in [6.45, 7) is 4.63. The lowest BCUT2D eigenvalue weighted by molar-refractivity contribution is -0.118. The summed E-state index contributed by atoms with van der Waals surface area (Å²) in [4.78, 5) is 12.4. The Labute approximate surface area is 192 Å². The molecule has 0 aliphatic heterocycles. The van der Waals surface area contributed by atoms with E-state index in [-0.39, 0.29) is 17.7 Å². The van der Waals surface area contributed by atoms with Gasteiger partial charge in [-0.3, -0.25) is 9.36 Å². The molecule has 164 valence electrons. The monoisotopic (exact) mass is 446 g/mol. The maximum atomic E-state index is 12.4. The first-order valence-electron chi connectivity index (χ1n) is 10.6. The second-order valence-corrected chi connectivity index (χ2v) is 8.47. The van der Waals surface area contributed by atoms with Gasteiger partial charge in [0.05, 0.1) is 23.6 Å². The summed E-state index contributed by atoms with van der Waals surface area (Å²) in [5, 5.41) is 12.6. The normalized spacial score (nSPS) is 11.9. The molecule has 4 rings (SSSR count). The molecule has 32 heavy (non-hydrogen) atoms. The van der Waals surface area contributed by atoms with Gasteiger partial charge in [0, 0.05) is 6.54 Å². The van der Waals surface area contributed by atoms with E-state index in [9.17, 15) is 4.79 Å². The number of nitrogens with one attached hydrogen (secondary N) is 1. The predicted molar refractivity (Wildman–Crippen MR) is 127 cm³/mol. The number of carbonyl (C=O) groups is 1. The Balaban J connectivity index is 1.48. The van der Waals surface area contributed by atoms with Crippen molar-refractivity contribution in [3.05, 3.63) is 89.9 Å². The number of nitrogens with zero attached hydrogens (tertiary/aromatic N) is 3. The second kappa shape index (κ2) is 10.3. The molecule has 0 radical (unpaired) electrons. The van der Waals surface area contributed by atoms with Gasteiger partial charge in [0.1, 0.15) is 5.76 Å². The summed E-state index contributed by atoms with van der Waals surface area (Å²) in [6.07, 6.45) is 2.46. The number of carbonyl (C=O) groups excluding carboxylic acids is 1. The number of thioether (sulfide) groups is 1. The molecule has 2 heterocycles. The van der Waals surface area contributed by atoms with E-state index in [0.717, 1.165) is 29.1 Å². The molecule has 6 nitrogen and oxygen atoms in total. The molecule has 0 saturated carbocycles. The SMILES string of the molecule is Cc1occc1-c1nnc(SCC(=O)NCCc2ccccc2)n1[C@H](C)c1ccccc1. The van der Waals surface area contributed by atoms with Crippen LogP contribution in [0.3, 0.4) is 0 Å². The highest BCUT2D eigenvalue weighted by Gasteiger charge is 2.23. The van der Waals surface area contributed by atoms with Crippen LogP contribution in [0.2, 0.25) is 0 Å². The number of hydrogen-bond donors (Lipinski definition) is 1. The molecule has 2 aromatic carbocycles. The molecule has 0 unspecified atom stereocenters. The van der Waals surface area contributed by atoms with Crippen LogP contribution in [0.1, 0.15) is 29.9 Å². The maximum absolute atomic E-state index is 12.4. The van der Waals surface area contributed by atoms with E-state index in [1.54, 1.807) is 6.26 Å². The molecule has 1 N–H and O–H groups in total. The van der Waals surface area contributed by atoms with Crippen molar-refractivity contribution < 1.29 is 9.21 Å². The first kappa shape index (κ1) is 21.9. The third-order valence-electron chi connectivity index (χ3n) is 5.34. The highest BCUT2D eigenvalue weighted by molar-refractivity contribution is 7.99. The topological polar surface area (TPSA) is 72.9 Å². The van der Waals surface area contributed by atoms with Gasteiger partial charge in [0.15, 0.2) is 11.0 Å². The van der Waals surface area contributed by atoms with Gasteiger partial charge >= 0.3 is 0 Å². The molecular weight excluding hydrogens is 420 g/mol. The fourth-order valence-electron chi connectivity index (χ4n) is 3.58. The molecule has 0 fully saturated rings. The van der Waals surface area contributed by atoms with E-state index in [1.807, 2.05) is 49.4 Å². The van der Waals surface area contributed by atoms with Crippen LogP contribution in [-0.2, 0) is 11.2 Å². The minimum Gasteiger partial charge on any atom is -0.469 e. The lowest BCUT2D eigenvalue weighted by atomic mass is 10.1. The van der Waals surface area contributed by atoms with Crippen molar-refractivity contribution >= 4 is 17.7 Å². The molecule has 1 amide bonds. The van der Waals surface area contributed by atoms with Gasteiger partial charge < -0.3 is 9.73 Å². The Kier molecular flexibility index (Phi) is 7.07. The lowest BCUT2D eigenvalue weighted by Crippen LogP contribution is -2.27. The highest BCUT2D eigenvalue weighted by atomic mass is 32.2. The van der Waals surface area contributed by atoms with Gasteiger partial charge in [-0.15, -0.1) is 10.2 Å². The second-order valence-electron chi connectivity index (χ2n) is 7.53. The van der Waals surface area contributed by atoms with E-state index < -0.39 is 0 Å². The molecule has 0 bridgehead atoms. The largest absolute Gasteiger partial charge is 0.469 e. The van der Waals surface area contributed by atoms with E-state index in [2.05, 4.69) is 51.3 Å². The first-order chi connectivity index (χ1) is 15.6. The minimum atomic E-state index is -0.0195. The average Bonchev–Trinajstić information content (AvgIpc) is 3.44. The van der Waals surface area contributed by atoms with Crippen molar-refractivity contribution in [3.8, 4) is 11.4 Å². The van der Waals surface area contributed by atoms with Crippen LogP contribution >= 0.6 is 11.8 Å². The number of aryl methyl sites for hydroxylation is 1. The summed E-state index contributed by atoms with van der Waals surface area (Å²) in [7, 11) is 0. The first-order valence-corrected chi connectivity index (χ1v) is 11.6. The molecule has 0 aliphatic rings. The average molecular weight is 447 g/mol. The number of rotatable bonds is 9. The summed E-state index contributed by atoms with van der Waals surface area (Å²) in [5.41, 5.74) is 3.25. The Bertz CT molecular complexity index is 1160. The summed E-state index contributed by atoms with van der Waals surface area (Å²) in [6, 6.07) is 22.2. The number of amides is 1. The van der Waals surface area contributed by atoms with Gasteiger partial charge in [-0.1, -0.05) is 72.4 Å². The maximum Gasteiger partial charge on any atom is 0.230 e. The number of aromatic nitrogens is 3. The van der Waals surface area contributed by atoms with E-state index in [4.69, 9.17) is 4.42 Å². The van der Waals surface area contributed by atoms with Crippen molar-refractivity contribution in [3.63, 3.8) is 0 Å². The Morgan fingerprint density at radius 3 is 2.47 bits per heavy atom. The molecule has 2 aromatic heterocycles. The quantitative estimate of drug-likeness (QED) is 0.370. The number of benzene rings is 2. The standard InChI is InChI=1S/C25H26N4O2S/c1-18(21-11-7-4-8-12-21)29-24(22-14-16-31-19(22)2)27-28-25(29)32-17-23(30)26-15-13-20-9-5-3-6-10-20/h3-12,14,16,18H,13,15,17H2,1-2H3,(H,26,30)/t18-/m1/s1. The van der Waals surface area contributed by atoms with E-state index in [0.29, 0.717) is 11.7 Å². The third-order valence-corrected chi connectivity index (χ3v) is 6.29. The fraction of sp³-hybridized carbons (Fsp3) is 0.240. The van der Waals surface area contributed by atoms with Crippen molar-refractivity contribution in [2.75, 3.05) is 12.3 Å². The van der Waals surface area contributed by atoms with Crippen LogP contribution in [-0.4, -0.2) is 33.0 Å². The van der Waals surface area contributed by atoms with Crippen LogP contribution < -0.4 is 5.32 Å². The van der Waals surface area contributed by atoms with Crippen molar-refractivity contribution in [1.82, 2.24) is 20.1 Å². The number of furan rings is 1. The summed E-state index contributed by atoms with van der Waals surface area (Å²) in [5.74, 6) is 1.78. The Hall–Kier alpha value is -3.32. The van der Waals surface area contributed by atoms with Gasteiger partial charge in [-0.2, -0.15) is 0 Å². The van der Waals surface area contributed by atoms with Gasteiger partial charge in [0.2, 0.25) is 5.91 Å². The molecule has 1 atom stereocenters. The summed E-state index contributed by atoms with van der Waals surface area (Å²) < 4.78 is 7.57. The lowest BCUT2D eigenvalue weighted by Gasteiger charge is -2.18. The van der Waals surface area contributed by atoms with Crippen molar-refractivity contribution in [1.29, 1.82) is 0 Å². The zero-order valence-corrected chi connectivity index (χ0v) is 19.0. The zero-order valence-electron chi connectivity index (χ0n) is 18.2. The molecule has 0 aliphatic carbocycles. The van der Waals surface area contributed by atoms with Gasteiger partial charge in [-0.25, -0.2) is 0 Å². The molecule has 7 heteroatoms. The van der Waals surface area contributed by atoms with Crippen LogP contribution in [0.4, 0.5) is 0 Å². The van der Waals surface area contributed by atoms with Gasteiger partial charge in [0.25, 0.3) is 0 Å². The summed E-state index contributed by atoms with van der Waals surface area (Å²) >= 11 is 1.40. The van der Waals surface area contributed by atoms with Crippen LogP contribution in [0.5, 0.6) is 0 Å². The van der Waals surface area contributed by atoms with Crippen molar-refractivity contribution in [2.24, 2.45) is 0 Å². The molecule has 0 spiro atoms. The third kappa shape index (κ3) is 5.11. The zero-order chi connectivity index (χ0) is 22.3.